The normalized spacial score (nSPS) is 16.1. The van der Waals surface area contributed by atoms with Crippen molar-refractivity contribution in [3.63, 3.8) is 0 Å². The Morgan fingerprint density at radius 1 is 1.25 bits per heavy atom. The molecular formula is C11H18N6O3. The Hall–Kier alpha value is -2.32. The molecule has 0 saturated carbocycles. The summed E-state index contributed by atoms with van der Waals surface area (Å²) in [6, 6.07) is 0.263. The van der Waals surface area contributed by atoms with Crippen LogP contribution in [0.15, 0.2) is 5.16 Å². The zero-order valence-electron chi connectivity index (χ0n) is 11.3. The van der Waals surface area contributed by atoms with Crippen LogP contribution in [0.5, 0.6) is 12.0 Å². The number of hydrogen-bond donors (Lipinski definition) is 2. The fourth-order valence-corrected chi connectivity index (χ4v) is 1.89. The number of piperidine rings is 1. The number of rotatable bonds is 5. The molecule has 0 aliphatic carbocycles. The molecule has 20 heavy (non-hydrogen) atoms. The monoisotopic (exact) mass is 282 g/mol. The van der Waals surface area contributed by atoms with Crippen LogP contribution in [0.3, 0.4) is 0 Å². The molecule has 0 unspecified atom stereocenters. The average molecular weight is 282 g/mol. The fraction of sp³-hybridized carbons (Fsp3) is 0.636. The highest BCUT2D eigenvalue weighted by molar-refractivity contribution is 5.81. The van der Waals surface area contributed by atoms with Gasteiger partial charge in [0.2, 0.25) is 5.95 Å². The number of ether oxygens (including phenoxy) is 2. The predicted molar refractivity (Wildman–Crippen MR) is 71.3 cm³/mol. The Bertz CT molecular complexity index is 475. The van der Waals surface area contributed by atoms with E-state index in [2.05, 4.69) is 25.0 Å². The highest BCUT2D eigenvalue weighted by Gasteiger charge is 2.17. The van der Waals surface area contributed by atoms with Gasteiger partial charge in [-0.3, -0.25) is 0 Å². The third kappa shape index (κ3) is 3.59. The Morgan fingerprint density at radius 2 is 1.95 bits per heavy atom. The molecule has 1 fully saturated rings. The van der Waals surface area contributed by atoms with Gasteiger partial charge in [-0.25, -0.2) is 0 Å². The van der Waals surface area contributed by atoms with Gasteiger partial charge >= 0.3 is 12.0 Å². The van der Waals surface area contributed by atoms with E-state index in [1.807, 2.05) is 0 Å². The van der Waals surface area contributed by atoms with Gasteiger partial charge in [-0.1, -0.05) is 5.16 Å². The van der Waals surface area contributed by atoms with Gasteiger partial charge in [0.15, 0.2) is 12.4 Å². The molecule has 1 aliphatic heterocycles. The number of nitrogens with zero attached hydrogens (tertiary/aromatic N) is 5. The van der Waals surface area contributed by atoms with Gasteiger partial charge < -0.3 is 25.3 Å². The summed E-state index contributed by atoms with van der Waals surface area (Å²) in [7, 11) is 1.47. The third-order valence-electron chi connectivity index (χ3n) is 2.88. The van der Waals surface area contributed by atoms with Crippen molar-refractivity contribution in [1.82, 2.24) is 15.0 Å². The Balaban J connectivity index is 2.14. The molecule has 9 nitrogen and oxygen atoms in total. The molecule has 2 heterocycles. The molecule has 0 radical (unpaired) electrons. The van der Waals surface area contributed by atoms with Crippen LogP contribution in [0.25, 0.3) is 0 Å². The zero-order chi connectivity index (χ0) is 14.4. The van der Waals surface area contributed by atoms with E-state index in [-0.39, 0.29) is 24.5 Å². The topological polar surface area (TPSA) is 119 Å². The van der Waals surface area contributed by atoms with E-state index < -0.39 is 0 Å². The lowest BCUT2D eigenvalue weighted by molar-refractivity contribution is 0.295. The second-order valence-corrected chi connectivity index (χ2v) is 4.33. The Kier molecular flexibility index (Phi) is 4.75. The molecule has 1 aromatic heterocycles. The minimum absolute atomic E-state index is 0.0658. The van der Waals surface area contributed by atoms with Crippen molar-refractivity contribution in [3.05, 3.63) is 0 Å². The van der Waals surface area contributed by atoms with Crippen LogP contribution in [0, 0.1) is 0 Å². The van der Waals surface area contributed by atoms with Gasteiger partial charge in [0, 0.05) is 13.1 Å². The van der Waals surface area contributed by atoms with Crippen molar-refractivity contribution < 1.29 is 14.7 Å². The summed E-state index contributed by atoms with van der Waals surface area (Å²) in [5.74, 6) is 0.454. The van der Waals surface area contributed by atoms with Crippen molar-refractivity contribution in [1.29, 1.82) is 0 Å². The van der Waals surface area contributed by atoms with Crippen LogP contribution in [-0.2, 0) is 0 Å². The van der Waals surface area contributed by atoms with Gasteiger partial charge in [0.05, 0.1) is 7.11 Å². The quantitative estimate of drug-likeness (QED) is 0.335. The molecule has 0 bridgehead atoms. The van der Waals surface area contributed by atoms with Crippen molar-refractivity contribution in [3.8, 4) is 12.0 Å². The SMILES string of the molecule is COc1nc(OC/C(N)=N\O)nc(N2CCCCC2)n1. The van der Waals surface area contributed by atoms with Crippen LogP contribution >= 0.6 is 0 Å². The van der Waals surface area contributed by atoms with Gasteiger partial charge in [0.1, 0.15) is 0 Å². The van der Waals surface area contributed by atoms with Crippen molar-refractivity contribution in [2.45, 2.75) is 19.3 Å². The molecule has 2 rings (SSSR count). The molecule has 9 heteroatoms. The molecule has 0 spiro atoms. The summed E-state index contributed by atoms with van der Waals surface area (Å²) in [6.07, 6.45) is 3.42. The van der Waals surface area contributed by atoms with Gasteiger partial charge in [-0.05, 0) is 19.3 Å². The second kappa shape index (κ2) is 6.73. The van der Waals surface area contributed by atoms with E-state index in [0.717, 1.165) is 25.9 Å². The minimum Gasteiger partial charge on any atom is -0.467 e. The lowest BCUT2D eigenvalue weighted by Gasteiger charge is -2.26. The summed E-state index contributed by atoms with van der Waals surface area (Å²) in [6.45, 7) is 1.68. The molecule has 0 aromatic carbocycles. The maximum absolute atomic E-state index is 8.47. The molecule has 0 atom stereocenters. The number of anilines is 1. The second-order valence-electron chi connectivity index (χ2n) is 4.33. The largest absolute Gasteiger partial charge is 0.467 e. The van der Waals surface area contributed by atoms with Crippen molar-refractivity contribution in [2.75, 3.05) is 31.7 Å². The zero-order valence-corrected chi connectivity index (χ0v) is 11.3. The maximum atomic E-state index is 8.47. The molecule has 3 N–H and O–H groups in total. The van der Waals surface area contributed by atoms with Crippen LogP contribution in [0.1, 0.15) is 19.3 Å². The van der Waals surface area contributed by atoms with Crippen LogP contribution < -0.4 is 20.1 Å². The van der Waals surface area contributed by atoms with E-state index in [0.29, 0.717) is 5.95 Å². The first-order valence-electron chi connectivity index (χ1n) is 6.37. The van der Waals surface area contributed by atoms with E-state index in [1.165, 1.54) is 13.5 Å². The van der Waals surface area contributed by atoms with E-state index >= 15 is 0 Å². The maximum Gasteiger partial charge on any atom is 0.324 e. The molecule has 1 saturated heterocycles. The number of oxime groups is 1. The van der Waals surface area contributed by atoms with Crippen LogP contribution in [0.2, 0.25) is 0 Å². The van der Waals surface area contributed by atoms with Crippen molar-refractivity contribution in [2.24, 2.45) is 10.9 Å². The minimum atomic E-state index is -0.108. The van der Waals surface area contributed by atoms with E-state index in [9.17, 15) is 0 Å². The molecule has 0 amide bonds. The van der Waals surface area contributed by atoms with Gasteiger partial charge in [-0.15, -0.1) is 4.98 Å². The first-order valence-corrected chi connectivity index (χ1v) is 6.37. The lowest BCUT2D eigenvalue weighted by Crippen LogP contribution is -2.31. The highest BCUT2D eigenvalue weighted by Crippen LogP contribution is 2.19. The number of amidine groups is 1. The lowest BCUT2D eigenvalue weighted by atomic mass is 10.1. The standard InChI is InChI=1S/C11H18N6O3/c1-19-10-13-9(17-5-3-2-4-6-17)14-11(15-10)20-7-8(12)16-18/h18H,2-7H2,1H3,(H2,12,16). The molecule has 1 aromatic rings. The van der Waals surface area contributed by atoms with Crippen LogP contribution in [-0.4, -0.2) is 52.8 Å². The summed E-state index contributed by atoms with van der Waals surface area (Å²) in [5, 5.41) is 11.3. The third-order valence-corrected chi connectivity index (χ3v) is 2.88. The number of hydrogen-bond acceptors (Lipinski definition) is 8. The van der Waals surface area contributed by atoms with Crippen molar-refractivity contribution >= 4 is 11.8 Å². The number of aromatic nitrogens is 3. The van der Waals surface area contributed by atoms with Gasteiger partial charge in [-0.2, -0.15) is 9.97 Å². The fourth-order valence-electron chi connectivity index (χ4n) is 1.89. The Morgan fingerprint density at radius 3 is 2.60 bits per heavy atom. The van der Waals surface area contributed by atoms with Crippen LogP contribution in [0.4, 0.5) is 5.95 Å². The molecular weight excluding hydrogens is 264 g/mol. The smallest absolute Gasteiger partial charge is 0.324 e. The summed E-state index contributed by atoms with van der Waals surface area (Å²) in [4.78, 5) is 14.5. The number of nitrogens with two attached hydrogens (primary N) is 1. The van der Waals surface area contributed by atoms with E-state index in [4.69, 9.17) is 20.4 Å². The average Bonchev–Trinajstić information content (AvgIpc) is 2.53. The first kappa shape index (κ1) is 14.1. The van der Waals surface area contributed by atoms with E-state index in [1.54, 1.807) is 0 Å². The Labute approximate surface area is 116 Å². The number of methoxy groups -OCH3 is 1. The van der Waals surface area contributed by atoms with Gasteiger partial charge in [0.25, 0.3) is 0 Å². The summed E-state index contributed by atoms with van der Waals surface area (Å²) >= 11 is 0. The highest BCUT2D eigenvalue weighted by atomic mass is 16.5. The molecule has 1 aliphatic rings. The summed E-state index contributed by atoms with van der Waals surface area (Å²) < 4.78 is 10.3. The first-order chi connectivity index (χ1) is 9.72. The predicted octanol–water partition coefficient (Wildman–Crippen LogP) is -0.00430. The molecule has 110 valence electrons. The summed E-state index contributed by atoms with van der Waals surface area (Å²) in [5.41, 5.74) is 5.33.